The van der Waals surface area contributed by atoms with Crippen molar-refractivity contribution in [2.45, 2.75) is 38.6 Å². The highest BCUT2D eigenvalue weighted by Crippen LogP contribution is 2.41. The Morgan fingerprint density at radius 1 is 1.14 bits per heavy atom. The van der Waals surface area contributed by atoms with Gasteiger partial charge >= 0.3 is 0 Å². The molecule has 0 atom stereocenters. The van der Waals surface area contributed by atoms with Gasteiger partial charge in [-0.3, -0.25) is 4.79 Å². The summed E-state index contributed by atoms with van der Waals surface area (Å²) in [5, 5.41) is 12.3. The maximum atomic E-state index is 11.6. The molecule has 0 radical (unpaired) electrons. The van der Waals surface area contributed by atoms with E-state index in [1.54, 1.807) is 13.2 Å². The number of furan rings is 1. The molecule has 1 aromatic carbocycles. The standard InChI is InChI=1S/C26H24N6O3/c1-15-3-10-19(34-15)14-32-25-21(13-28-32)20(12-22(29-25)17-8-9-17)26-30-24(31-35-26)18-6-4-16(5-7-18)11-23(33)27-2/h3-7,10,12-13,17H,8-9,11,14H2,1-2H3,(H,27,33). The van der Waals surface area contributed by atoms with Crippen LogP contribution in [0, 0.1) is 6.92 Å². The lowest BCUT2D eigenvalue weighted by Crippen LogP contribution is -2.19. The van der Waals surface area contributed by atoms with Crippen LogP contribution in [-0.2, 0) is 17.8 Å². The maximum Gasteiger partial charge on any atom is 0.259 e. The van der Waals surface area contributed by atoms with Gasteiger partial charge in [-0.1, -0.05) is 29.4 Å². The van der Waals surface area contributed by atoms with Crippen LogP contribution in [0.15, 0.2) is 57.6 Å². The van der Waals surface area contributed by atoms with Crippen molar-refractivity contribution in [2.24, 2.45) is 0 Å². The van der Waals surface area contributed by atoms with Gasteiger partial charge in [0, 0.05) is 24.2 Å². The van der Waals surface area contributed by atoms with Gasteiger partial charge in [0.25, 0.3) is 5.89 Å². The SMILES string of the molecule is CNC(=O)Cc1ccc(-c2noc(-c3cc(C4CC4)nc4c3cnn4Cc3ccc(C)o3)n2)cc1. The average Bonchev–Trinajstić information content (AvgIpc) is 3.25. The molecule has 1 N–H and O–H groups in total. The Labute approximate surface area is 201 Å². The molecule has 0 aliphatic heterocycles. The molecule has 9 nitrogen and oxygen atoms in total. The fourth-order valence-corrected chi connectivity index (χ4v) is 4.16. The number of aromatic nitrogens is 5. The molecule has 4 heterocycles. The normalized spacial score (nSPS) is 13.4. The first kappa shape index (κ1) is 21.3. The van der Waals surface area contributed by atoms with Gasteiger partial charge in [-0.2, -0.15) is 10.1 Å². The fraction of sp³-hybridized carbons (Fsp3) is 0.269. The molecule has 4 aromatic heterocycles. The summed E-state index contributed by atoms with van der Waals surface area (Å²) in [6, 6.07) is 13.5. The summed E-state index contributed by atoms with van der Waals surface area (Å²) in [4.78, 5) is 21.2. The Hall–Kier alpha value is -4.27. The van der Waals surface area contributed by atoms with Gasteiger partial charge < -0.3 is 14.3 Å². The van der Waals surface area contributed by atoms with E-state index in [1.807, 2.05) is 54.1 Å². The van der Waals surface area contributed by atoms with Gasteiger partial charge in [0.05, 0.1) is 23.6 Å². The van der Waals surface area contributed by atoms with Gasteiger partial charge in [-0.25, -0.2) is 9.67 Å². The number of nitrogens with one attached hydrogen (secondary N) is 1. The van der Waals surface area contributed by atoms with Crippen LogP contribution in [0.4, 0.5) is 0 Å². The van der Waals surface area contributed by atoms with Crippen LogP contribution in [-0.4, -0.2) is 37.9 Å². The summed E-state index contributed by atoms with van der Waals surface area (Å²) in [5.74, 6) is 3.02. The van der Waals surface area contributed by atoms with E-state index >= 15 is 0 Å². The monoisotopic (exact) mass is 468 g/mol. The lowest BCUT2D eigenvalue weighted by atomic mass is 10.1. The number of aryl methyl sites for hydroxylation is 1. The van der Waals surface area contributed by atoms with Gasteiger partial charge in [0.15, 0.2) is 5.65 Å². The second-order valence-corrected chi connectivity index (χ2v) is 8.89. The van der Waals surface area contributed by atoms with E-state index in [-0.39, 0.29) is 5.91 Å². The molecule has 5 aromatic rings. The van der Waals surface area contributed by atoms with Crippen molar-refractivity contribution in [1.82, 2.24) is 30.2 Å². The van der Waals surface area contributed by atoms with Crippen LogP contribution in [0.1, 0.15) is 41.5 Å². The van der Waals surface area contributed by atoms with Gasteiger partial charge in [-0.15, -0.1) is 0 Å². The second-order valence-electron chi connectivity index (χ2n) is 8.89. The molecule has 6 rings (SSSR count). The topological polar surface area (TPSA) is 112 Å². The molecular formula is C26H24N6O3. The molecule has 9 heteroatoms. The van der Waals surface area contributed by atoms with Gasteiger partial charge in [0.2, 0.25) is 11.7 Å². The third-order valence-corrected chi connectivity index (χ3v) is 6.24. The first-order valence-corrected chi connectivity index (χ1v) is 11.6. The van der Waals surface area contributed by atoms with E-state index < -0.39 is 0 Å². The molecule has 0 spiro atoms. The van der Waals surface area contributed by atoms with Crippen molar-refractivity contribution >= 4 is 16.9 Å². The number of benzene rings is 1. The van der Waals surface area contributed by atoms with E-state index in [0.29, 0.717) is 30.6 Å². The number of likely N-dealkylation sites (N-methyl/N-ethyl adjacent to an activating group) is 1. The zero-order chi connectivity index (χ0) is 23.9. The summed E-state index contributed by atoms with van der Waals surface area (Å²) >= 11 is 0. The van der Waals surface area contributed by atoms with E-state index in [4.69, 9.17) is 13.9 Å². The number of carbonyl (C=O) groups excluding carboxylic acids is 1. The molecule has 1 fully saturated rings. The lowest BCUT2D eigenvalue weighted by molar-refractivity contribution is -0.119. The third kappa shape index (κ3) is 4.21. The number of hydrogen-bond donors (Lipinski definition) is 1. The molecule has 1 saturated carbocycles. The molecule has 1 aliphatic carbocycles. The number of nitrogens with zero attached hydrogens (tertiary/aromatic N) is 5. The molecule has 0 bridgehead atoms. The Bertz CT molecular complexity index is 1520. The van der Waals surface area contributed by atoms with Crippen LogP contribution < -0.4 is 5.32 Å². The van der Waals surface area contributed by atoms with E-state index in [2.05, 4.69) is 20.6 Å². The number of amides is 1. The van der Waals surface area contributed by atoms with Gasteiger partial charge in [0.1, 0.15) is 18.1 Å². The minimum absolute atomic E-state index is 0.0319. The van der Waals surface area contributed by atoms with Crippen molar-refractivity contribution in [2.75, 3.05) is 7.05 Å². The Kier molecular flexibility index (Phi) is 5.17. The molecule has 1 amide bonds. The predicted molar refractivity (Wildman–Crippen MR) is 129 cm³/mol. The predicted octanol–water partition coefficient (Wildman–Crippen LogP) is 4.26. The Morgan fingerprint density at radius 3 is 2.69 bits per heavy atom. The van der Waals surface area contributed by atoms with Crippen molar-refractivity contribution in [3.8, 4) is 22.8 Å². The Morgan fingerprint density at radius 2 is 1.97 bits per heavy atom. The summed E-state index contributed by atoms with van der Waals surface area (Å²) < 4.78 is 13.3. The van der Waals surface area contributed by atoms with Crippen LogP contribution in [0.25, 0.3) is 33.9 Å². The van der Waals surface area contributed by atoms with Crippen molar-refractivity contribution in [3.05, 3.63) is 71.4 Å². The number of rotatable bonds is 7. The molecule has 35 heavy (non-hydrogen) atoms. The van der Waals surface area contributed by atoms with E-state index in [9.17, 15) is 4.79 Å². The van der Waals surface area contributed by atoms with Crippen LogP contribution >= 0.6 is 0 Å². The first-order valence-electron chi connectivity index (χ1n) is 11.6. The molecule has 0 saturated heterocycles. The molecule has 0 unspecified atom stereocenters. The first-order chi connectivity index (χ1) is 17.1. The number of carbonyl (C=O) groups is 1. The van der Waals surface area contributed by atoms with E-state index in [1.165, 1.54) is 0 Å². The second kappa shape index (κ2) is 8.50. The molecular weight excluding hydrogens is 444 g/mol. The van der Waals surface area contributed by atoms with E-state index in [0.717, 1.165) is 57.8 Å². The zero-order valence-electron chi connectivity index (χ0n) is 19.5. The highest BCUT2D eigenvalue weighted by molar-refractivity contribution is 5.90. The summed E-state index contributed by atoms with van der Waals surface area (Å²) in [7, 11) is 1.63. The van der Waals surface area contributed by atoms with Crippen LogP contribution in [0.5, 0.6) is 0 Å². The van der Waals surface area contributed by atoms with Crippen molar-refractivity contribution in [1.29, 1.82) is 0 Å². The summed E-state index contributed by atoms with van der Waals surface area (Å²) in [6.07, 6.45) is 4.37. The van der Waals surface area contributed by atoms with Crippen molar-refractivity contribution < 1.29 is 13.7 Å². The maximum absolute atomic E-state index is 11.6. The minimum Gasteiger partial charge on any atom is -0.464 e. The fourth-order valence-electron chi connectivity index (χ4n) is 4.16. The minimum atomic E-state index is -0.0319. The van der Waals surface area contributed by atoms with Crippen molar-refractivity contribution in [3.63, 3.8) is 0 Å². The highest BCUT2D eigenvalue weighted by atomic mass is 16.5. The van der Waals surface area contributed by atoms with Gasteiger partial charge in [-0.05, 0) is 43.5 Å². The smallest absolute Gasteiger partial charge is 0.259 e. The number of pyridine rings is 1. The molecule has 1 aliphatic rings. The quantitative estimate of drug-likeness (QED) is 0.380. The highest BCUT2D eigenvalue weighted by Gasteiger charge is 2.28. The summed E-state index contributed by atoms with van der Waals surface area (Å²) in [6.45, 7) is 2.42. The Balaban J connectivity index is 1.35. The zero-order valence-corrected chi connectivity index (χ0v) is 19.5. The average molecular weight is 469 g/mol. The molecule has 176 valence electrons. The largest absolute Gasteiger partial charge is 0.464 e. The summed E-state index contributed by atoms with van der Waals surface area (Å²) in [5.41, 5.74) is 4.35. The van der Waals surface area contributed by atoms with Crippen LogP contribution in [0.3, 0.4) is 0 Å². The van der Waals surface area contributed by atoms with Crippen LogP contribution in [0.2, 0.25) is 0 Å². The third-order valence-electron chi connectivity index (χ3n) is 6.24. The lowest BCUT2D eigenvalue weighted by Gasteiger charge is -2.05. The number of fused-ring (bicyclic) bond motifs is 1. The number of hydrogen-bond acceptors (Lipinski definition) is 7.